The second-order valence-electron chi connectivity index (χ2n) is 6.13. The fraction of sp³-hybridized carbons (Fsp3) is 0.222. The second kappa shape index (κ2) is 6.87. The van der Waals surface area contributed by atoms with E-state index in [2.05, 4.69) is 9.82 Å². The van der Waals surface area contributed by atoms with Crippen LogP contribution in [0.2, 0.25) is 0 Å². The molecule has 0 fully saturated rings. The van der Waals surface area contributed by atoms with Crippen molar-refractivity contribution >= 4 is 27.3 Å². The molecule has 0 spiro atoms. The number of nitrogens with zero attached hydrogens (tertiary/aromatic N) is 2. The summed E-state index contributed by atoms with van der Waals surface area (Å²) < 4.78 is 38.1. The molecule has 1 aliphatic rings. The molecular formula is C18H18FN3O3S. The van der Waals surface area contributed by atoms with Crippen molar-refractivity contribution in [1.29, 1.82) is 0 Å². The predicted molar refractivity (Wildman–Crippen MR) is 97.7 cm³/mol. The third-order valence-electron chi connectivity index (χ3n) is 4.01. The number of anilines is 1. The van der Waals surface area contributed by atoms with Gasteiger partial charge in [-0.3, -0.25) is 9.52 Å². The average Bonchev–Trinajstić information content (AvgIpc) is 3.00. The molecule has 1 heterocycles. The zero-order valence-electron chi connectivity index (χ0n) is 14.3. The van der Waals surface area contributed by atoms with Crippen LogP contribution in [0.25, 0.3) is 0 Å². The summed E-state index contributed by atoms with van der Waals surface area (Å²) in [7, 11) is -3.34. The molecule has 0 saturated heterocycles. The summed E-state index contributed by atoms with van der Waals surface area (Å²) in [6, 6.07) is 12.5. The quantitative estimate of drug-likeness (QED) is 0.892. The van der Waals surface area contributed by atoms with Crippen molar-refractivity contribution in [1.82, 2.24) is 5.01 Å². The Kier molecular flexibility index (Phi) is 4.78. The van der Waals surface area contributed by atoms with Crippen LogP contribution in [-0.2, 0) is 14.8 Å². The van der Waals surface area contributed by atoms with Crippen molar-refractivity contribution in [2.75, 3.05) is 11.0 Å². The number of halogens is 1. The van der Waals surface area contributed by atoms with Gasteiger partial charge in [-0.15, -0.1) is 0 Å². The van der Waals surface area contributed by atoms with Crippen LogP contribution in [0.5, 0.6) is 0 Å². The number of rotatable bonds is 4. The number of hydrogen-bond donors (Lipinski definition) is 1. The summed E-state index contributed by atoms with van der Waals surface area (Å²) in [5, 5.41) is 5.80. The fourth-order valence-corrected chi connectivity index (χ4v) is 3.43. The molecule has 1 atom stereocenters. The minimum atomic E-state index is -3.34. The number of amides is 1. The minimum absolute atomic E-state index is 0.204. The Balaban J connectivity index is 1.85. The van der Waals surface area contributed by atoms with Gasteiger partial charge >= 0.3 is 0 Å². The molecule has 2 aromatic rings. The smallest absolute Gasteiger partial charge is 0.240 e. The van der Waals surface area contributed by atoms with Gasteiger partial charge in [0.2, 0.25) is 15.9 Å². The van der Waals surface area contributed by atoms with E-state index in [0.29, 0.717) is 17.8 Å². The van der Waals surface area contributed by atoms with Crippen molar-refractivity contribution in [3.8, 4) is 0 Å². The van der Waals surface area contributed by atoms with Crippen LogP contribution in [0.15, 0.2) is 53.6 Å². The van der Waals surface area contributed by atoms with Gasteiger partial charge < -0.3 is 0 Å². The monoisotopic (exact) mass is 375 g/mol. The Morgan fingerprint density at radius 2 is 1.77 bits per heavy atom. The Labute approximate surface area is 151 Å². The molecule has 0 saturated carbocycles. The standard InChI is InChI=1S/C18H18FN3O3S/c1-12(23)22-18(14-3-7-15(19)8-4-14)11-17(20-22)13-5-9-16(10-6-13)21-26(2,24)25/h3-10,18,21H,11H2,1-2H3/t18-/m0/s1. The molecule has 2 aromatic carbocycles. The third kappa shape index (κ3) is 4.08. The van der Waals surface area contributed by atoms with Gasteiger partial charge in [0.25, 0.3) is 0 Å². The first-order valence-electron chi connectivity index (χ1n) is 7.94. The lowest BCUT2D eigenvalue weighted by Crippen LogP contribution is -2.24. The third-order valence-corrected chi connectivity index (χ3v) is 4.62. The first-order valence-corrected chi connectivity index (χ1v) is 9.83. The van der Waals surface area contributed by atoms with E-state index in [1.165, 1.54) is 24.1 Å². The van der Waals surface area contributed by atoms with Crippen molar-refractivity contribution in [2.45, 2.75) is 19.4 Å². The summed E-state index contributed by atoms with van der Waals surface area (Å²) in [5.41, 5.74) is 2.75. The van der Waals surface area contributed by atoms with Crippen LogP contribution in [-0.4, -0.2) is 31.3 Å². The zero-order chi connectivity index (χ0) is 18.9. The van der Waals surface area contributed by atoms with Gasteiger partial charge in [-0.25, -0.2) is 17.8 Å². The first kappa shape index (κ1) is 18.1. The van der Waals surface area contributed by atoms with Crippen LogP contribution >= 0.6 is 0 Å². The maximum Gasteiger partial charge on any atom is 0.240 e. The summed E-state index contributed by atoms with van der Waals surface area (Å²) in [6.45, 7) is 1.43. The number of sulfonamides is 1. The van der Waals surface area contributed by atoms with Crippen LogP contribution in [0.1, 0.15) is 30.5 Å². The van der Waals surface area contributed by atoms with Gasteiger partial charge in [0.1, 0.15) is 5.82 Å². The van der Waals surface area contributed by atoms with Gasteiger partial charge in [-0.05, 0) is 35.4 Å². The molecule has 136 valence electrons. The molecule has 8 heteroatoms. The molecule has 0 radical (unpaired) electrons. The van der Waals surface area contributed by atoms with E-state index in [4.69, 9.17) is 0 Å². The Hall–Kier alpha value is -2.74. The van der Waals surface area contributed by atoms with Crippen molar-refractivity contribution in [3.63, 3.8) is 0 Å². The van der Waals surface area contributed by atoms with Crippen LogP contribution < -0.4 is 4.72 Å². The highest BCUT2D eigenvalue weighted by Gasteiger charge is 2.31. The molecule has 0 aliphatic carbocycles. The maximum atomic E-state index is 13.2. The molecule has 1 amide bonds. The summed E-state index contributed by atoms with van der Waals surface area (Å²) in [6.07, 6.45) is 1.57. The van der Waals surface area contributed by atoms with E-state index >= 15 is 0 Å². The van der Waals surface area contributed by atoms with E-state index < -0.39 is 10.0 Å². The lowest BCUT2D eigenvalue weighted by molar-refractivity contribution is -0.130. The number of carbonyl (C=O) groups excluding carboxylic acids is 1. The van der Waals surface area contributed by atoms with Crippen molar-refractivity contribution in [2.24, 2.45) is 5.10 Å². The second-order valence-corrected chi connectivity index (χ2v) is 7.88. The first-order chi connectivity index (χ1) is 12.2. The van der Waals surface area contributed by atoms with E-state index in [0.717, 1.165) is 17.4 Å². The molecule has 1 N–H and O–H groups in total. The highest BCUT2D eigenvalue weighted by Crippen LogP contribution is 2.33. The summed E-state index contributed by atoms with van der Waals surface area (Å²) in [5.74, 6) is -0.541. The van der Waals surface area contributed by atoms with Crippen LogP contribution in [0.3, 0.4) is 0 Å². The lowest BCUT2D eigenvalue weighted by Gasteiger charge is -2.20. The molecule has 0 unspecified atom stereocenters. The fourth-order valence-electron chi connectivity index (χ4n) is 2.86. The van der Waals surface area contributed by atoms with E-state index in [1.54, 1.807) is 36.4 Å². The average molecular weight is 375 g/mol. The maximum absolute atomic E-state index is 13.2. The number of benzene rings is 2. The Morgan fingerprint density at radius 3 is 2.31 bits per heavy atom. The molecule has 0 aromatic heterocycles. The highest BCUT2D eigenvalue weighted by atomic mass is 32.2. The van der Waals surface area contributed by atoms with Gasteiger partial charge in [0.05, 0.1) is 18.0 Å². The van der Waals surface area contributed by atoms with Gasteiger partial charge in [-0.2, -0.15) is 5.10 Å². The zero-order valence-corrected chi connectivity index (χ0v) is 15.1. The normalized spacial score (nSPS) is 17.1. The Morgan fingerprint density at radius 1 is 1.15 bits per heavy atom. The van der Waals surface area contributed by atoms with Crippen molar-refractivity contribution < 1.29 is 17.6 Å². The largest absolute Gasteiger partial charge is 0.284 e. The van der Waals surface area contributed by atoms with E-state index in [9.17, 15) is 17.6 Å². The molecule has 3 rings (SSSR count). The lowest BCUT2D eigenvalue weighted by atomic mass is 9.98. The number of carbonyl (C=O) groups is 1. The number of hydrazone groups is 1. The highest BCUT2D eigenvalue weighted by molar-refractivity contribution is 7.92. The van der Waals surface area contributed by atoms with E-state index in [-0.39, 0.29) is 17.8 Å². The van der Waals surface area contributed by atoms with Crippen molar-refractivity contribution in [3.05, 3.63) is 65.5 Å². The molecule has 1 aliphatic heterocycles. The van der Waals surface area contributed by atoms with Gasteiger partial charge in [-0.1, -0.05) is 24.3 Å². The van der Waals surface area contributed by atoms with Crippen LogP contribution in [0, 0.1) is 5.82 Å². The molecule has 26 heavy (non-hydrogen) atoms. The van der Waals surface area contributed by atoms with Crippen LogP contribution in [0.4, 0.5) is 10.1 Å². The molecular weight excluding hydrogens is 357 g/mol. The molecule has 6 nitrogen and oxygen atoms in total. The number of hydrogen-bond acceptors (Lipinski definition) is 4. The van der Waals surface area contributed by atoms with Gasteiger partial charge in [0.15, 0.2) is 0 Å². The minimum Gasteiger partial charge on any atom is -0.284 e. The Bertz CT molecular complexity index is 954. The topological polar surface area (TPSA) is 78.8 Å². The molecule has 0 bridgehead atoms. The summed E-state index contributed by atoms with van der Waals surface area (Å²) in [4.78, 5) is 12.0. The van der Waals surface area contributed by atoms with Gasteiger partial charge in [0, 0.05) is 19.0 Å². The van der Waals surface area contributed by atoms with E-state index in [1.807, 2.05) is 0 Å². The SMILES string of the molecule is CC(=O)N1N=C(c2ccc(NS(C)(=O)=O)cc2)C[C@H]1c1ccc(F)cc1. The predicted octanol–water partition coefficient (Wildman–Crippen LogP) is 2.89. The summed E-state index contributed by atoms with van der Waals surface area (Å²) >= 11 is 0. The number of nitrogens with one attached hydrogen (secondary N) is 1.